The summed E-state index contributed by atoms with van der Waals surface area (Å²) in [5.41, 5.74) is 1.24. The van der Waals surface area contributed by atoms with Gasteiger partial charge in [-0.1, -0.05) is 34.1 Å². The molecule has 0 bridgehead atoms. The summed E-state index contributed by atoms with van der Waals surface area (Å²) >= 11 is 3.52. The minimum Gasteiger partial charge on any atom is -0.345 e. The lowest BCUT2D eigenvalue weighted by molar-refractivity contribution is -0.126. The van der Waals surface area contributed by atoms with Crippen LogP contribution in [-0.2, 0) is 4.79 Å². The van der Waals surface area contributed by atoms with Gasteiger partial charge in [0.1, 0.15) is 0 Å². The number of carbonyl (C=O) groups is 1. The zero-order valence-corrected chi connectivity index (χ0v) is 9.62. The van der Waals surface area contributed by atoms with Gasteiger partial charge in [0.25, 0.3) is 0 Å². The second kappa shape index (κ2) is 3.73. The first-order valence-corrected chi connectivity index (χ1v) is 5.46. The van der Waals surface area contributed by atoms with E-state index >= 15 is 0 Å². The monoisotopic (exact) mass is 253 g/mol. The Hall–Kier alpha value is -0.830. The minimum atomic E-state index is 0.241. The van der Waals surface area contributed by atoms with Crippen molar-refractivity contribution in [2.75, 3.05) is 13.6 Å². The third-order valence-corrected chi connectivity index (χ3v) is 3.41. The van der Waals surface area contributed by atoms with Crippen LogP contribution in [0.3, 0.4) is 0 Å². The zero-order chi connectivity index (χ0) is 10.1. The van der Waals surface area contributed by atoms with Crippen molar-refractivity contribution in [3.63, 3.8) is 0 Å². The van der Waals surface area contributed by atoms with Gasteiger partial charge in [0.2, 0.25) is 5.91 Å². The number of halogens is 1. The highest BCUT2D eigenvalue weighted by Gasteiger charge is 2.28. The Morgan fingerprint density at radius 2 is 2.14 bits per heavy atom. The van der Waals surface area contributed by atoms with Crippen LogP contribution >= 0.6 is 15.9 Å². The topological polar surface area (TPSA) is 20.3 Å². The quantitative estimate of drug-likeness (QED) is 0.753. The second-order valence-electron chi connectivity index (χ2n) is 3.70. The van der Waals surface area contributed by atoms with E-state index < -0.39 is 0 Å². The number of carbonyl (C=O) groups excluding carboxylic acids is 1. The smallest absolute Gasteiger partial charge is 0.223 e. The molecule has 1 amide bonds. The summed E-state index contributed by atoms with van der Waals surface area (Å²) in [7, 11) is 1.86. The van der Waals surface area contributed by atoms with Crippen LogP contribution in [0.25, 0.3) is 0 Å². The average molecular weight is 254 g/mol. The molecule has 0 aromatic heterocycles. The van der Waals surface area contributed by atoms with Crippen LogP contribution in [-0.4, -0.2) is 24.4 Å². The highest BCUT2D eigenvalue weighted by Crippen LogP contribution is 2.31. The van der Waals surface area contributed by atoms with Crippen LogP contribution in [0.2, 0.25) is 0 Å². The lowest BCUT2D eigenvalue weighted by Gasteiger charge is -2.11. The maximum atomic E-state index is 11.4. The van der Waals surface area contributed by atoms with Gasteiger partial charge in [0, 0.05) is 30.4 Å². The van der Waals surface area contributed by atoms with Crippen LogP contribution in [0.15, 0.2) is 28.7 Å². The summed E-state index contributed by atoms with van der Waals surface area (Å²) < 4.78 is 1.10. The molecule has 14 heavy (non-hydrogen) atoms. The Kier molecular flexibility index (Phi) is 2.59. The Morgan fingerprint density at radius 1 is 1.43 bits per heavy atom. The van der Waals surface area contributed by atoms with Crippen molar-refractivity contribution in [3.8, 4) is 0 Å². The number of benzene rings is 1. The Balaban J connectivity index is 2.25. The second-order valence-corrected chi connectivity index (χ2v) is 4.55. The van der Waals surface area contributed by atoms with Crippen LogP contribution in [0.1, 0.15) is 17.9 Å². The molecule has 0 aliphatic carbocycles. The Morgan fingerprint density at radius 3 is 2.71 bits per heavy atom. The van der Waals surface area contributed by atoms with Gasteiger partial charge in [-0.25, -0.2) is 0 Å². The molecule has 1 aliphatic rings. The molecular formula is C11H12BrNO. The van der Waals surface area contributed by atoms with E-state index in [0.717, 1.165) is 11.0 Å². The number of likely N-dealkylation sites (tertiary alicyclic amines) is 1. The molecule has 74 valence electrons. The van der Waals surface area contributed by atoms with Crippen molar-refractivity contribution in [3.05, 3.63) is 34.3 Å². The lowest BCUT2D eigenvalue weighted by atomic mass is 9.98. The summed E-state index contributed by atoms with van der Waals surface area (Å²) in [4.78, 5) is 13.2. The SMILES string of the molecule is CN1CC(c2ccccc2Br)CC1=O. The van der Waals surface area contributed by atoms with Gasteiger partial charge in [0.15, 0.2) is 0 Å². The summed E-state index contributed by atoms with van der Waals surface area (Å²) in [6, 6.07) is 8.12. The minimum absolute atomic E-state index is 0.241. The van der Waals surface area contributed by atoms with Crippen molar-refractivity contribution < 1.29 is 4.79 Å². The molecule has 0 radical (unpaired) electrons. The van der Waals surface area contributed by atoms with Gasteiger partial charge < -0.3 is 4.90 Å². The largest absolute Gasteiger partial charge is 0.345 e. The number of hydrogen-bond donors (Lipinski definition) is 0. The average Bonchev–Trinajstić information content (AvgIpc) is 2.48. The third kappa shape index (κ3) is 1.69. The molecule has 1 fully saturated rings. The fourth-order valence-electron chi connectivity index (χ4n) is 1.88. The lowest BCUT2D eigenvalue weighted by Crippen LogP contribution is -2.18. The fraction of sp³-hybridized carbons (Fsp3) is 0.364. The van der Waals surface area contributed by atoms with Gasteiger partial charge in [0.05, 0.1) is 0 Å². The maximum Gasteiger partial charge on any atom is 0.223 e. The van der Waals surface area contributed by atoms with E-state index in [0.29, 0.717) is 12.3 Å². The normalized spacial score (nSPS) is 21.7. The number of amides is 1. The van der Waals surface area contributed by atoms with E-state index in [-0.39, 0.29) is 5.91 Å². The molecule has 1 aromatic carbocycles. The Bertz CT molecular complexity index is 364. The molecule has 1 unspecified atom stereocenters. The van der Waals surface area contributed by atoms with Gasteiger partial charge >= 0.3 is 0 Å². The highest BCUT2D eigenvalue weighted by molar-refractivity contribution is 9.10. The van der Waals surface area contributed by atoms with E-state index in [9.17, 15) is 4.79 Å². The molecule has 0 spiro atoms. The Labute approximate surface area is 92.0 Å². The van der Waals surface area contributed by atoms with Crippen LogP contribution in [0.4, 0.5) is 0 Å². The van der Waals surface area contributed by atoms with Gasteiger partial charge in [-0.05, 0) is 11.6 Å². The van der Waals surface area contributed by atoms with Crippen molar-refractivity contribution in [2.24, 2.45) is 0 Å². The zero-order valence-electron chi connectivity index (χ0n) is 8.03. The molecule has 2 nitrogen and oxygen atoms in total. The van der Waals surface area contributed by atoms with Crippen LogP contribution in [0, 0.1) is 0 Å². The van der Waals surface area contributed by atoms with E-state index in [1.807, 2.05) is 25.2 Å². The van der Waals surface area contributed by atoms with Gasteiger partial charge in [-0.15, -0.1) is 0 Å². The molecule has 1 aromatic rings. The molecule has 3 heteroatoms. The summed E-state index contributed by atoms with van der Waals surface area (Å²) in [5, 5.41) is 0. The molecular weight excluding hydrogens is 242 g/mol. The predicted molar refractivity (Wildman–Crippen MR) is 59.1 cm³/mol. The summed E-state index contributed by atoms with van der Waals surface area (Å²) in [6.07, 6.45) is 0.638. The van der Waals surface area contributed by atoms with Crippen LogP contribution in [0.5, 0.6) is 0 Å². The molecule has 2 rings (SSSR count). The summed E-state index contributed by atoms with van der Waals surface area (Å²) in [6.45, 7) is 0.835. The first-order valence-electron chi connectivity index (χ1n) is 4.67. The third-order valence-electron chi connectivity index (χ3n) is 2.69. The van der Waals surface area contributed by atoms with Gasteiger partial charge in [-0.3, -0.25) is 4.79 Å². The van der Waals surface area contributed by atoms with E-state index in [1.54, 1.807) is 4.90 Å². The first kappa shape index (κ1) is 9.71. The molecule has 1 aliphatic heterocycles. The predicted octanol–water partition coefficient (Wildman–Crippen LogP) is 2.39. The molecule has 1 saturated heterocycles. The van der Waals surface area contributed by atoms with E-state index in [4.69, 9.17) is 0 Å². The molecule has 0 N–H and O–H groups in total. The number of hydrogen-bond acceptors (Lipinski definition) is 1. The van der Waals surface area contributed by atoms with E-state index in [1.165, 1.54) is 5.56 Å². The van der Waals surface area contributed by atoms with Crippen LogP contribution < -0.4 is 0 Å². The highest BCUT2D eigenvalue weighted by atomic mass is 79.9. The molecule has 1 heterocycles. The fourth-order valence-corrected chi connectivity index (χ4v) is 2.49. The van der Waals surface area contributed by atoms with Crippen molar-refractivity contribution in [1.29, 1.82) is 0 Å². The molecule has 1 atom stereocenters. The van der Waals surface area contributed by atoms with Crippen molar-refractivity contribution >= 4 is 21.8 Å². The first-order chi connectivity index (χ1) is 6.68. The maximum absolute atomic E-state index is 11.4. The summed E-state index contributed by atoms with van der Waals surface area (Å²) in [5.74, 6) is 0.592. The molecule has 0 saturated carbocycles. The van der Waals surface area contributed by atoms with Crippen molar-refractivity contribution in [1.82, 2.24) is 4.90 Å². The number of rotatable bonds is 1. The number of likely N-dealkylation sites (N-methyl/N-ethyl adjacent to an activating group) is 1. The van der Waals surface area contributed by atoms with Gasteiger partial charge in [-0.2, -0.15) is 0 Å². The van der Waals surface area contributed by atoms with E-state index in [2.05, 4.69) is 22.0 Å². The standard InChI is InChI=1S/C11H12BrNO/c1-13-7-8(6-11(13)14)9-4-2-3-5-10(9)12/h2-5,8H,6-7H2,1H3. The number of nitrogens with zero attached hydrogens (tertiary/aromatic N) is 1. The van der Waals surface area contributed by atoms with Crippen molar-refractivity contribution in [2.45, 2.75) is 12.3 Å².